The number of rotatable bonds is 3. The molecule has 0 saturated heterocycles. The van der Waals surface area contributed by atoms with Crippen molar-refractivity contribution in [2.45, 2.75) is 13.1 Å². The van der Waals surface area contributed by atoms with Crippen molar-refractivity contribution in [2.75, 3.05) is 5.32 Å². The molecule has 0 aliphatic heterocycles. The largest absolute Gasteiger partial charge is 0.416 e. The molecule has 1 amide bonds. The molecule has 9 heteroatoms. The number of nitrogens with zero attached hydrogens (tertiary/aromatic N) is 3. The van der Waals surface area contributed by atoms with Crippen molar-refractivity contribution < 1.29 is 18.0 Å². The number of hydrogen-bond donors (Lipinski definition) is 1. The van der Waals surface area contributed by atoms with Gasteiger partial charge in [-0.05, 0) is 31.2 Å². The highest BCUT2D eigenvalue weighted by Crippen LogP contribution is 2.31. The normalized spacial score (nSPS) is 11.4. The molecule has 3 rings (SSSR count). The van der Waals surface area contributed by atoms with E-state index in [9.17, 15) is 18.0 Å². The average molecular weight is 364 g/mol. The first-order valence-electron chi connectivity index (χ1n) is 7.07. The Balaban J connectivity index is 1.79. The second-order valence-electron chi connectivity index (χ2n) is 5.09. The van der Waals surface area contributed by atoms with Crippen LogP contribution in [0.1, 0.15) is 20.9 Å². The number of amides is 1. The topological polar surface area (TPSA) is 67.8 Å². The van der Waals surface area contributed by atoms with Crippen LogP contribution in [0.3, 0.4) is 0 Å². The van der Waals surface area contributed by atoms with Crippen LogP contribution in [0.15, 0.2) is 41.9 Å². The maximum atomic E-state index is 12.8. The number of anilines is 1. The van der Waals surface area contributed by atoms with E-state index in [0.29, 0.717) is 5.69 Å². The minimum Gasteiger partial charge on any atom is -0.304 e. The molecule has 2 heterocycles. The Labute approximate surface area is 144 Å². The monoisotopic (exact) mass is 364 g/mol. The molecule has 0 fully saturated rings. The fraction of sp³-hybridized carbons (Fsp3) is 0.125. The van der Waals surface area contributed by atoms with Crippen molar-refractivity contribution in [3.63, 3.8) is 0 Å². The van der Waals surface area contributed by atoms with Crippen molar-refractivity contribution in [3.05, 3.63) is 58.0 Å². The van der Waals surface area contributed by atoms with Crippen LogP contribution in [-0.2, 0) is 6.18 Å². The summed E-state index contributed by atoms with van der Waals surface area (Å²) in [5, 5.41) is 10.3. The molecule has 0 radical (unpaired) electrons. The van der Waals surface area contributed by atoms with E-state index in [1.807, 2.05) is 0 Å². The summed E-state index contributed by atoms with van der Waals surface area (Å²) in [5.74, 6) is -0.229. The number of aryl methyl sites for hydroxylation is 1. The van der Waals surface area contributed by atoms with Gasteiger partial charge < -0.3 is 5.32 Å². The summed E-state index contributed by atoms with van der Waals surface area (Å²) in [6.07, 6.45) is -4.43. The highest BCUT2D eigenvalue weighted by molar-refractivity contribution is 7.09. The molecule has 0 aliphatic rings. The molecule has 128 valence electrons. The Bertz CT molecular complexity index is 906. The van der Waals surface area contributed by atoms with Crippen molar-refractivity contribution in [3.8, 4) is 11.3 Å². The lowest BCUT2D eigenvalue weighted by Gasteiger charge is -2.08. The van der Waals surface area contributed by atoms with Crippen LogP contribution < -0.4 is 5.32 Å². The zero-order valence-electron chi connectivity index (χ0n) is 12.8. The van der Waals surface area contributed by atoms with E-state index in [0.717, 1.165) is 17.0 Å². The minimum absolute atomic E-state index is 0.188. The first-order chi connectivity index (χ1) is 11.8. The number of thiazole rings is 1. The van der Waals surface area contributed by atoms with E-state index in [1.54, 1.807) is 12.4 Å². The van der Waals surface area contributed by atoms with Crippen molar-refractivity contribution in [1.29, 1.82) is 0 Å². The van der Waals surface area contributed by atoms with E-state index in [-0.39, 0.29) is 17.1 Å². The van der Waals surface area contributed by atoms with Crippen LogP contribution in [0, 0.1) is 6.92 Å². The Morgan fingerprint density at radius 3 is 2.56 bits per heavy atom. The highest BCUT2D eigenvalue weighted by Gasteiger charge is 2.30. The molecule has 25 heavy (non-hydrogen) atoms. The van der Waals surface area contributed by atoms with Gasteiger partial charge in [-0.3, -0.25) is 4.79 Å². The second kappa shape index (κ2) is 6.60. The number of halogens is 3. The summed E-state index contributed by atoms with van der Waals surface area (Å²) < 4.78 is 38.3. The van der Waals surface area contributed by atoms with E-state index < -0.39 is 17.6 Å². The summed E-state index contributed by atoms with van der Waals surface area (Å²) in [5.41, 5.74) is 1.66. The molecule has 1 aromatic carbocycles. The summed E-state index contributed by atoms with van der Waals surface area (Å²) in [6.45, 7) is 1.77. The average Bonchev–Trinajstić information content (AvgIpc) is 3.01. The lowest BCUT2D eigenvalue weighted by molar-refractivity contribution is -0.137. The molecule has 0 spiro atoms. The molecule has 3 aromatic rings. The Hall–Kier alpha value is -2.81. The number of hydrogen-bond acceptors (Lipinski definition) is 5. The second-order valence-corrected chi connectivity index (χ2v) is 6.15. The molecule has 0 aliphatic carbocycles. The van der Waals surface area contributed by atoms with Gasteiger partial charge in [0.15, 0.2) is 5.82 Å². The Morgan fingerprint density at radius 2 is 1.96 bits per heavy atom. The van der Waals surface area contributed by atoms with Gasteiger partial charge >= 0.3 is 6.18 Å². The van der Waals surface area contributed by atoms with Crippen molar-refractivity contribution in [1.82, 2.24) is 15.2 Å². The fourth-order valence-electron chi connectivity index (χ4n) is 2.11. The standard InChI is InChI=1S/C16H11F3N4OS/c1-9-14(20-8-25-9)15(24)21-13-6-5-12(22-23-13)10-3-2-4-11(7-10)16(17,18)19/h2-8H,1H3,(H,21,23,24). The van der Waals surface area contributed by atoms with Crippen LogP contribution in [0.4, 0.5) is 19.0 Å². The van der Waals surface area contributed by atoms with Gasteiger partial charge in [0.2, 0.25) is 0 Å². The van der Waals surface area contributed by atoms with Crippen LogP contribution in [0.2, 0.25) is 0 Å². The van der Waals surface area contributed by atoms with E-state index >= 15 is 0 Å². The van der Waals surface area contributed by atoms with E-state index in [4.69, 9.17) is 0 Å². The summed E-state index contributed by atoms with van der Waals surface area (Å²) in [7, 11) is 0. The number of carbonyl (C=O) groups excluding carboxylic acids is 1. The van der Waals surface area contributed by atoms with Gasteiger partial charge in [-0.25, -0.2) is 4.98 Å². The van der Waals surface area contributed by atoms with Crippen LogP contribution in [0.25, 0.3) is 11.3 Å². The van der Waals surface area contributed by atoms with Gasteiger partial charge in [-0.1, -0.05) is 12.1 Å². The van der Waals surface area contributed by atoms with Gasteiger partial charge in [0.1, 0.15) is 5.69 Å². The molecule has 1 N–H and O–H groups in total. The highest BCUT2D eigenvalue weighted by atomic mass is 32.1. The van der Waals surface area contributed by atoms with Crippen LogP contribution >= 0.6 is 11.3 Å². The number of aromatic nitrogens is 3. The third kappa shape index (κ3) is 3.82. The van der Waals surface area contributed by atoms with Crippen LogP contribution in [-0.4, -0.2) is 21.1 Å². The maximum Gasteiger partial charge on any atom is 0.416 e. The zero-order chi connectivity index (χ0) is 18.0. The molecule has 0 saturated carbocycles. The first-order valence-corrected chi connectivity index (χ1v) is 7.95. The molecule has 5 nitrogen and oxygen atoms in total. The first kappa shape index (κ1) is 17.0. The van der Waals surface area contributed by atoms with Gasteiger partial charge in [-0.2, -0.15) is 13.2 Å². The summed E-state index contributed by atoms with van der Waals surface area (Å²) in [4.78, 5) is 16.8. The molecule has 0 atom stereocenters. The number of carbonyl (C=O) groups is 1. The van der Waals surface area contributed by atoms with Crippen molar-refractivity contribution >= 4 is 23.1 Å². The third-order valence-electron chi connectivity index (χ3n) is 3.35. The SMILES string of the molecule is Cc1scnc1C(=O)Nc1ccc(-c2cccc(C(F)(F)F)c2)nn1. The van der Waals surface area contributed by atoms with Gasteiger partial charge in [-0.15, -0.1) is 21.5 Å². The minimum atomic E-state index is -4.43. The number of nitrogens with one attached hydrogen (secondary N) is 1. The number of benzene rings is 1. The lowest BCUT2D eigenvalue weighted by atomic mass is 10.1. The summed E-state index contributed by atoms with van der Waals surface area (Å²) in [6, 6.07) is 7.77. The quantitative estimate of drug-likeness (QED) is 0.757. The molecule has 0 unspecified atom stereocenters. The van der Waals surface area contributed by atoms with Gasteiger partial charge in [0, 0.05) is 10.4 Å². The van der Waals surface area contributed by atoms with E-state index in [2.05, 4.69) is 20.5 Å². The van der Waals surface area contributed by atoms with Gasteiger partial charge in [0.05, 0.1) is 16.8 Å². The Kier molecular flexibility index (Phi) is 4.49. The Morgan fingerprint density at radius 1 is 1.16 bits per heavy atom. The predicted octanol–water partition coefficient (Wildman–Crippen LogP) is 4.18. The smallest absolute Gasteiger partial charge is 0.304 e. The lowest BCUT2D eigenvalue weighted by Crippen LogP contribution is -2.14. The maximum absolute atomic E-state index is 12.8. The molecular formula is C16H11F3N4OS. The summed E-state index contributed by atoms with van der Waals surface area (Å²) >= 11 is 1.35. The number of alkyl halides is 3. The third-order valence-corrected chi connectivity index (χ3v) is 4.11. The van der Waals surface area contributed by atoms with Crippen LogP contribution in [0.5, 0.6) is 0 Å². The molecular weight excluding hydrogens is 353 g/mol. The molecule has 0 bridgehead atoms. The van der Waals surface area contributed by atoms with E-state index in [1.165, 1.54) is 35.6 Å². The zero-order valence-corrected chi connectivity index (χ0v) is 13.6. The van der Waals surface area contributed by atoms with Gasteiger partial charge in [0.25, 0.3) is 5.91 Å². The fourth-order valence-corrected chi connectivity index (χ4v) is 2.68. The molecule has 2 aromatic heterocycles. The predicted molar refractivity (Wildman–Crippen MR) is 87.3 cm³/mol. The van der Waals surface area contributed by atoms with Crippen molar-refractivity contribution in [2.24, 2.45) is 0 Å².